The SMILES string of the molecule is COc1ccc(CNC(=O)CN2CCN(S(=O)(=O)c3ccc(Cl)cc3)CC2)cc1OC. The van der Waals surface area contributed by atoms with E-state index in [0.717, 1.165) is 5.56 Å². The summed E-state index contributed by atoms with van der Waals surface area (Å²) < 4.78 is 37.4. The number of carbonyl (C=O) groups is 1. The van der Waals surface area contributed by atoms with Gasteiger partial charge in [0.05, 0.1) is 25.7 Å². The maximum Gasteiger partial charge on any atom is 0.243 e. The minimum absolute atomic E-state index is 0.121. The van der Waals surface area contributed by atoms with Crippen molar-refractivity contribution in [3.8, 4) is 11.5 Å². The van der Waals surface area contributed by atoms with E-state index in [2.05, 4.69) is 5.32 Å². The van der Waals surface area contributed by atoms with Crippen LogP contribution < -0.4 is 14.8 Å². The van der Waals surface area contributed by atoms with Crippen LogP contribution in [-0.2, 0) is 21.4 Å². The first kappa shape index (κ1) is 23.3. The van der Waals surface area contributed by atoms with Crippen molar-refractivity contribution in [1.82, 2.24) is 14.5 Å². The van der Waals surface area contributed by atoms with E-state index >= 15 is 0 Å². The maximum atomic E-state index is 12.8. The second-order valence-electron chi connectivity index (χ2n) is 7.10. The maximum absolute atomic E-state index is 12.8. The lowest BCUT2D eigenvalue weighted by molar-refractivity contribution is -0.122. The zero-order chi connectivity index (χ0) is 22.4. The van der Waals surface area contributed by atoms with Gasteiger partial charge in [-0.15, -0.1) is 0 Å². The molecule has 1 amide bonds. The molecule has 0 saturated carbocycles. The minimum atomic E-state index is -3.56. The Morgan fingerprint density at radius 2 is 1.65 bits per heavy atom. The quantitative estimate of drug-likeness (QED) is 0.638. The third-order valence-electron chi connectivity index (χ3n) is 5.09. The van der Waals surface area contributed by atoms with E-state index in [-0.39, 0.29) is 17.3 Å². The van der Waals surface area contributed by atoms with Gasteiger partial charge in [-0.25, -0.2) is 8.42 Å². The highest BCUT2D eigenvalue weighted by atomic mass is 35.5. The first-order valence-electron chi connectivity index (χ1n) is 9.79. The summed E-state index contributed by atoms with van der Waals surface area (Å²) in [6.45, 7) is 2.20. The fourth-order valence-corrected chi connectivity index (χ4v) is 4.88. The number of ether oxygens (including phenoxy) is 2. The second-order valence-corrected chi connectivity index (χ2v) is 9.47. The van der Waals surface area contributed by atoms with E-state index in [4.69, 9.17) is 21.1 Å². The van der Waals surface area contributed by atoms with Gasteiger partial charge in [-0.2, -0.15) is 4.31 Å². The molecule has 1 aliphatic rings. The van der Waals surface area contributed by atoms with E-state index < -0.39 is 10.0 Å². The van der Waals surface area contributed by atoms with E-state index in [9.17, 15) is 13.2 Å². The van der Waals surface area contributed by atoms with Crippen LogP contribution in [0.15, 0.2) is 47.4 Å². The molecule has 0 atom stereocenters. The number of methoxy groups -OCH3 is 2. The first-order valence-corrected chi connectivity index (χ1v) is 11.6. The lowest BCUT2D eigenvalue weighted by atomic mass is 10.2. The molecular formula is C21H26ClN3O5S. The fraction of sp³-hybridized carbons (Fsp3) is 0.381. The van der Waals surface area contributed by atoms with Crippen LogP contribution in [-0.4, -0.2) is 70.5 Å². The molecule has 0 radical (unpaired) electrons. The summed E-state index contributed by atoms with van der Waals surface area (Å²) >= 11 is 5.84. The van der Waals surface area contributed by atoms with Gasteiger partial charge < -0.3 is 14.8 Å². The molecule has 0 bridgehead atoms. The highest BCUT2D eigenvalue weighted by molar-refractivity contribution is 7.89. The predicted octanol–water partition coefficient (Wildman–Crippen LogP) is 1.98. The molecule has 0 aliphatic carbocycles. The Labute approximate surface area is 187 Å². The zero-order valence-electron chi connectivity index (χ0n) is 17.5. The molecule has 8 nitrogen and oxygen atoms in total. The van der Waals surface area contributed by atoms with E-state index in [1.807, 2.05) is 17.0 Å². The molecular weight excluding hydrogens is 442 g/mol. The summed E-state index contributed by atoms with van der Waals surface area (Å²) in [7, 11) is -0.432. The van der Waals surface area contributed by atoms with Gasteiger partial charge in [-0.3, -0.25) is 9.69 Å². The van der Waals surface area contributed by atoms with Crippen LogP contribution in [0.25, 0.3) is 0 Å². The number of nitrogens with zero attached hydrogens (tertiary/aromatic N) is 2. The summed E-state index contributed by atoms with van der Waals surface area (Å²) in [5, 5.41) is 3.38. The van der Waals surface area contributed by atoms with Crippen molar-refractivity contribution in [3.05, 3.63) is 53.1 Å². The average Bonchev–Trinajstić information content (AvgIpc) is 2.78. The van der Waals surface area contributed by atoms with Crippen LogP contribution in [0.4, 0.5) is 0 Å². The lowest BCUT2D eigenvalue weighted by Crippen LogP contribution is -2.50. The molecule has 2 aromatic rings. The Morgan fingerprint density at radius 3 is 2.26 bits per heavy atom. The molecule has 1 saturated heterocycles. The zero-order valence-corrected chi connectivity index (χ0v) is 19.1. The summed E-state index contributed by atoms with van der Waals surface area (Å²) in [4.78, 5) is 14.5. The van der Waals surface area contributed by atoms with Crippen molar-refractivity contribution < 1.29 is 22.7 Å². The monoisotopic (exact) mass is 467 g/mol. The van der Waals surface area contributed by atoms with Gasteiger partial charge in [-0.1, -0.05) is 17.7 Å². The molecule has 1 heterocycles. The fourth-order valence-electron chi connectivity index (χ4n) is 3.33. The van der Waals surface area contributed by atoms with Crippen molar-refractivity contribution in [3.63, 3.8) is 0 Å². The summed E-state index contributed by atoms with van der Waals surface area (Å²) in [6.07, 6.45) is 0. The van der Waals surface area contributed by atoms with Gasteiger partial charge in [-0.05, 0) is 42.0 Å². The topological polar surface area (TPSA) is 88.2 Å². The largest absolute Gasteiger partial charge is 0.493 e. The standard InChI is InChI=1S/C21H26ClN3O5S/c1-29-19-8-3-16(13-20(19)30-2)14-23-21(26)15-24-9-11-25(12-10-24)31(27,28)18-6-4-17(22)5-7-18/h3-8,13H,9-12,14-15H2,1-2H3,(H,23,26). The van der Waals surface area contributed by atoms with Gasteiger partial charge in [0.1, 0.15) is 0 Å². The molecule has 10 heteroatoms. The Morgan fingerprint density at radius 1 is 1.00 bits per heavy atom. The van der Waals surface area contributed by atoms with Crippen LogP contribution in [0.1, 0.15) is 5.56 Å². The minimum Gasteiger partial charge on any atom is -0.493 e. The number of sulfonamides is 1. The highest BCUT2D eigenvalue weighted by Gasteiger charge is 2.29. The van der Waals surface area contributed by atoms with Crippen LogP contribution in [0.5, 0.6) is 11.5 Å². The number of nitrogens with one attached hydrogen (secondary N) is 1. The first-order chi connectivity index (χ1) is 14.8. The summed E-state index contributed by atoms with van der Waals surface area (Å²) in [5.41, 5.74) is 0.893. The van der Waals surface area contributed by atoms with Crippen LogP contribution in [0.3, 0.4) is 0 Å². The molecule has 1 aliphatic heterocycles. The van der Waals surface area contributed by atoms with Crippen molar-refractivity contribution in [2.45, 2.75) is 11.4 Å². The third kappa shape index (κ3) is 5.88. The molecule has 2 aromatic carbocycles. The molecule has 0 unspecified atom stereocenters. The molecule has 31 heavy (non-hydrogen) atoms. The van der Waals surface area contributed by atoms with Crippen LogP contribution in [0, 0.1) is 0 Å². The summed E-state index contributed by atoms with van der Waals surface area (Å²) in [5.74, 6) is 1.11. The number of amides is 1. The van der Waals surface area contributed by atoms with Gasteiger partial charge in [0.25, 0.3) is 0 Å². The van der Waals surface area contributed by atoms with Crippen molar-refractivity contribution >= 4 is 27.5 Å². The molecule has 1 fully saturated rings. The number of hydrogen-bond donors (Lipinski definition) is 1. The van der Waals surface area contributed by atoms with Crippen LogP contribution in [0.2, 0.25) is 5.02 Å². The predicted molar refractivity (Wildman–Crippen MR) is 118 cm³/mol. The molecule has 0 spiro atoms. The smallest absolute Gasteiger partial charge is 0.243 e. The highest BCUT2D eigenvalue weighted by Crippen LogP contribution is 2.27. The lowest BCUT2D eigenvalue weighted by Gasteiger charge is -2.33. The van der Waals surface area contributed by atoms with Gasteiger partial charge in [0.15, 0.2) is 11.5 Å². The Bertz CT molecular complexity index is 1010. The molecule has 168 valence electrons. The van der Waals surface area contributed by atoms with E-state index in [1.165, 1.54) is 16.4 Å². The van der Waals surface area contributed by atoms with Gasteiger partial charge in [0.2, 0.25) is 15.9 Å². The molecule has 1 N–H and O–H groups in total. The van der Waals surface area contributed by atoms with Gasteiger partial charge >= 0.3 is 0 Å². The van der Waals surface area contributed by atoms with Crippen molar-refractivity contribution in [1.29, 1.82) is 0 Å². The normalized spacial score (nSPS) is 15.5. The van der Waals surface area contributed by atoms with E-state index in [0.29, 0.717) is 49.2 Å². The second kappa shape index (κ2) is 10.3. The number of piperazine rings is 1. The average molecular weight is 468 g/mol. The van der Waals surface area contributed by atoms with E-state index in [1.54, 1.807) is 32.4 Å². The summed E-state index contributed by atoms with van der Waals surface area (Å²) in [6, 6.07) is 11.6. The third-order valence-corrected chi connectivity index (χ3v) is 7.25. The van der Waals surface area contributed by atoms with Crippen molar-refractivity contribution in [2.75, 3.05) is 46.9 Å². The molecule has 0 aromatic heterocycles. The van der Waals surface area contributed by atoms with Gasteiger partial charge in [0, 0.05) is 37.7 Å². The van der Waals surface area contributed by atoms with Crippen molar-refractivity contribution in [2.24, 2.45) is 0 Å². The Balaban J connectivity index is 1.48. The number of hydrogen-bond acceptors (Lipinski definition) is 6. The number of benzene rings is 2. The number of rotatable bonds is 8. The number of carbonyl (C=O) groups excluding carboxylic acids is 1. The number of halogens is 1. The van der Waals surface area contributed by atoms with Crippen LogP contribution >= 0.6 is 11.6 Å². The Kier molecular flexibility index (Phi) is 7.77. The molecule has 3 rings (SSSR count). The Hall–Kier alpha value is -2.33.